The Morgan fingerprint density at radius 3 is 2.48 bits per heavy atom. The average molecular weight is 463 g/mol. The van der Waals surface area contributed by atoms with Gasteiger partial charge < -0.3 is 14.6 Å². The molecule has 1 amide bonds. The second-order valence-corrected chi connectivity index (χ2v) is 8.83. The SMILES string of the molecule is CCOc1ccccc1CNC(=O)C[S@](=O)Cc1cnn(-c2ccccc2)c1-n1cccc1. The van der Waals surface area contributed by atoms with E-state index in [9.17, 15) is 9.00 Å². The Labute approximate surface area is 195 Å². The van der Waals surface area contributed by atoms with Crippen LogP contribution in [0, 0.1) is 0 Å². The minimum atomic E-state index is -1.39. The van der Waals surface area contributed by atoms with Crippen molar-refractivity contribution < 1.29 is 13.7 Å². The number of aromatic nitrogens is 3. The molecule has 4 aromatic rings. The van der Waals surface area contributed by atoms with E-state index in [0.29, 0.717) is 13.2 Å². The van der Waals surface area contributed by atoms with Crippen molar-refractivity contribution in [2.45, 2.75) is 19.2 Å². The Bertz CT molecular complexity index is 1220. The molecule has 0 aliphatic carbocycles. The number of nitrogens with zero attached hydrogens (tertiary/aromatic N) is 3. The Hall–Kier alpha value is -3.65. The Kier molecular flexibility index (Phi) is 7.36. The van der Waals surface area contributed by atoms with Crippen LogP contribution in [0.15, 0.2) is 85.3 Å². The van der Waals surface area contributed by atoms with Gasteiger partial charge in [-0.1, -0.05) is 36.4 Å². The van der Waals surface area contributed by atoms with Crippen molar-refractivity contribution in [3.63, 3.8) is 0 Å². The van der Waals surface area contributed by atoms with Gasteiger partial charge in [0, 0.05) is 40.9 Å². The van der Waals surface area contributed by atoms with E-state index in [1.165, 1.54) is 0 Å². The first-order chi connectivity index (χ1) is 16.2. The van der Waals surface area contributed by atoms with Gasteiger partial charge in [0.2, 0.25) is 5.91 Å². The molecule has 2 aromatic heterocycles. The summed E-state index contributed by atoms with van der Waals surface area (Å²) in [5, 5.41) is 7.37. The van der Waals surface area contributed by atoms with E-state index in [4.69, 9.17) is 4.74 Å². The summed E-state index contributed by atoms with van der Waals surface area (Å²) < 4.78 is 22.2. The average Bonchev–Trinajstić information content (AvgIpc) is 3.49. The van der Waals surface area contributed by atoms with E-state index >= 15 is 0 Å². The Morgan fingerprint density at radius 1 is 1.00 bits per heavy atom. The van der Waals surface area contributed by atoms with Crippen LogP contribution in [0.2, 0.25) is 0 Å². The first-order valence-corrected chi connectivity index (χ1v) is 12.2. The van der Waals surface area contributed by atoms with Gasteiger partial charge in [-0.25, -0.2) is 4.68 Å². The van der Waals surface area contributed by atoms with Crippen LogP contribution in [0.25, 0.3) is 11.5 Å². The number of para-hydroxylation sites is 2. The maximum atomic E-state index is 12.9. The fraction of sp³-hybridized carbons (Fsp3) is 0.200. The molecule has 4 rings (SSSR count). The van der Waals surface area contributed by atoms with Crippen LogP contribution >= 0.6 is 0 Å². The molecule has 0 aliphatic rings. The lowest BCUT2D eigenvalue weighted by molar-refractivity contribution is -0.118. The molecule has 0 spiro atoms. The molecule has 0 saturated heterocycles. The van der Waals surface area contributed by atoms with E-state index < -0.39 is 10.8 Å². The number of hydrogen-bond acceptors (Lipinski definition) is 4. The predicted molar refractivity (Wildman–Crippen MR) is 129 cm³/mol. The van der Waals surface area contributed by atoms with Crippen molar-refractivity contribution in [3.8, 4) is 17.3 Å². The van der Waals surface area contributed by atoms with Crippen LogP contribution in [-0.4, -0.2) is 36.8 Å². The highest BCUT2D eigenvalue weighted by atomic mass is 32.2. The zero-order valence-electron chi connectivity index (χ0n) is 18.4. The smallest absolute Gasteiger partial charge is 0.232 e. The van der Waals surface area contributed by atoms with E-state index in [1.807, 2.05) is 95.3 Å². The van der Waals surface area contributed by atoms with Gasteiger partial charge in [0.05, 0.1) is 24.2 Å². The first-order valence-electron chi connectivity index (χ1n) is 10.7. The summed E-state index contributed by atoms with van der Waals surface area (Å²) in [6.07, 6.45) is 5.56. The van der Waals surface area contributed by atoms with Crippen molar-refractivity contribution >= 4 is 16.7 Å². The first kappa shape index (κ1) is 22.5. The Morgan fingerprint density at radius 2 is 1.73 bits per heavy atom. The summed E-state index contributed by atoms with van der Waals surface area (Å²) in [6.45, 7) is 2.79. The third kappa shape index (κ3) is 5.59. The molecular weight excluding hydrogens is 436 g/mol. The lowest BCUT2D eigenvalue weighted by atomic mass is 10.2. The molecule has 0 fully saturated rings. The van der Waals surface area contributed by atoms with E-state index in [-0.39, 0.29) is 17.4 Å². The van der Waals surface area contributed by atoms with Crippen molar-refractivity contribution in [1.29, 1.82) is 0 Å². The highest BCUT2D eigenvalue weighted by Gasteiger charge is 2.18. The number of rotatable bonds is 10. The molecule has 0 aliphatic heterocycles. The summed E-state index contributed by atoms with van der Waals surface area (Å²) in [5.74, 6) is 1.43. The topological polar surface area (TPSA) is 78.2 Å². The zero-order valence-corrected chi connectivity index (χ0v) is 19.2. The number of nitrogens with one attached hydrogen (secondary N) is 1. The standard InChI is InChI=1S/C25H26N4O3S/c1-2-32-23-13-7-6-10-20(23)16-26-24(30)19-33(31)18-21-17-27-29(22-11-4-3-5-12-22)25(21)28-14-8-9-15-28/h3-15,17H,2,16,18-19H2,1H3,(H,26,30)/t33-/m1/s1. The summed E-state index contributed by atoms with van der Waals surface area (Å²) in [5.41, 5.74) is 2.60. The van der Waals surface area contributed by atoms with Crippen molar-refractivity contribution in [1.82, 2.24) is 19.7 Å². The van der Waals surface area contributed by atoms with Crippen molar-refractivity contribution in [3.05, 3.63) is 96.4 Å². The second-order valence-electron chi connectivity index (χ2n) is 7.38. The summed E-state index contributed by atoms with van der Waals surface area (Å²) in [7, 11) is -1.39. The molecule has 0 radical (unpaired) electrons. The Balaban J connectivity index is 1.44. The van der Waals surface area contributed by atoms with Gasteiger partial charge in [0.25, 0.3) is 0 Å². The summed E-state index contributed by atoms with van der Waals surface area (Å²) >= 11 is 0. The normalized spacial score (nSPS) is 11.8. The maximum Gasteiger partial charge on any atom is 0.232 e. The van der Waals surface area contributed by atoms with Gasteiger partial charge >= 0.3 is 0 Å². The number of carbonyl (C=O) groups is 1. The number of amides is 1. The quantitative estimate of drug-likeness (QED) is 0.390. The van der Waals surface area contributed by atoms with Crippen LogP contribution in [0.3, 0.4) is 0 Å². The van der Waals surface area contributed by atoms with Crippen LogP contribution in [-0.2, 0) is 27.9 Å². The molecule has 33 heavy (non-hydrogen) atoms. The van der Waals surface area contributed by atoms with Gasteiger partial charge in [0.1, 0.15) is 17.3 Å². The van der Waals surface area contributed by atoms with E-state index in [0.717, 1.165) is 28.4 Å². The number of hydrogen-bond donors (Lipinski definition) is 1. The van der Waals surface area contributed by atoms with Gasteiger partial charge in [-0.2, -0.15) is 5.10 Å². The molecule has 1 N–H and O–H groups in total. The molecule has 0 saturated carbocycles. The highest BCUT2D eigenvalue weighted by molar-refractivity contribution is 7.84. The monoisotopic (exact) mass is 462 g/mol. The third-order valence-electron chi connectivity index (χ3n) is 5.02. The van der Waals surface area contributed by atoms with Crippen LogP contribution in [0.1, 0.15) is 18.1 Å². The van der Waals surface area contributed by atoms with E-state index in [2.05, 4.69) is 10.4 Å². The van der Waals surface area contributed by atoms with Gasteiger partial charge in [-0.05, 0) is 37.3 Å². The van der Waals surface area contributed by atoms with Crippen molar-refractivity contribution in [2.75, 3.05) is 12.4 Å². The molecule has 0 bridgehead atoms. The largest absolute Gasteiger partial charge is 0.494 e. The molecule has 170 valence electrons. The molecule has 0 unspecified atom stereocenters. The van der Waals surface area contributed by atoms with Gasteiger partial charge in [-0.15, -0.1) is 0 Å². The lowest BCUT2D eigenvalue weighted by Gasteiger charge is -2.12. The van der Waals surface area contributed by atoms with Crippen LogP contribution in [0.5, 0.6) is 5.75 Å². The fourth-order valence-corrected chi connectivity index (χ4v) is 4.60. The van der Waals surface area contributed by atoms with Gasteiger partial charge in [0.15, 0.2) is 0 Å². The zero-order chi connectivity index (χ0) is 23.0. The fourth-order valence-electron chi connectivity index (χ4n) is 3.55. The van der Waals surface area contributed by atoms with Crippen LogP contribution in [0.4, 0.5) is 0 Å². The maximum absolute atomic E-state index is 12.9. The van der Waals surface area contributed by atoms with Crippen LogP contribution < -0.4 is 10.1 Å². The molecule has 8 heteroatoms. The van der Waals surface area contributed by atoms with E-state index in [1.54, 1.807) is 6.20 Å². The lowest BCUT2D eigenvalue weighted by Crippen LogP contribution is -2.28. The third-order valence-corrected chi connectivity index (χ3v) is 6.24. The predicted octanol–water partition coefficient (Wildman–Crippen LogP) is 3.63. The number of carbonyl (C=O) groups excluding carboxylic acids is 1. The minimum absolute atomic E-state index is 0.0849. The number of ether oxygens (including phenoxy) is 1. The summed E-state index contributed by atoms with van der Waals surface area (Å²) in [4.78, 5) is 12.5. The number of benzene rings is 2. The molecule has 2 heterocycles. The summed E-state index contributed by atoms with van der Waals surface area (Å²) in [6, 6.07) is 21.2. The molecule has 1 atom stereocenters. The van der Waals surface area contributed by atoms with Gasteiger partial charge in [-0.3, -0.25) is 9.00 Å². The second kappa shape index (κ2) is 10.8. The molecular formula is C25H26N4O3S. The molecule has 2 aromatic carbocycles. The minimum Gasteiger partial charge on any atom is -0.494 e. The highest BCUT2D eigenvalue weighted by Crippen LogP contribution is 2.21. The van der Waals surface area contributed by atoms with Crippen molar-refractivity contribution in [2.24, 2.45) is 0 Å². The molecule has 7 nitrogen and oxygen atoms in total.